The molecule has 3 heterocycles. The van der Waals surface area contributed by atoms with Gasteiger partial charge in [0.15, 0.2) is 0 Å². The molecule has 0 spiro atoms. The molecule has 3 aliphatic rings. The van der Waals surface area contributed by atoms with Gasteiger partial charge in [-0.1, -0.05) is 0 Å². The van der Waals surface area contributed by atoms with E-state index < -0.39 is 35.3 Å². The summed E-state index contributed by atoms with van der Waals surface area (Å²) >= 11 is 0. The molecule has 0 aromatic heterocycles. The molecular formula is C26H33N5O7. The average molecular weight is 528 g/mol. The number of hydrogen-bond donors (Lipinski definition) is 3. The monoisotopic (exact) mass is 527 g/mol. The molecule has 38 heavy (non-hydrogen) atoms. The van der Waals surface area contributed by atoms with E-state index in [0.717, 1.165) is 11.3 Å². The number of carbonyl (C=O) groups excluding carboxylic acids is 6. The quantitative estimate of drug-likeness (QED) is 0.354. The van der Waals surface area contributed by atoms with Gasteiger partial charge in [0.05, 0.1) is 11.1 Å². The summed E-state index contributed by atoms with van der Waals surface area (Å²) in [5.74, 6) is -2.25. The fourth-order valence-corrected chi connectivity index (χ4v) is 4.82. The number of piperidine rings is 1. The Morgan fingerprint density at radius 2 is 1.79 bits per heavy atom. The molecular weight excluding hydrogens is 494 g/mol. The van der Waals surface area contributed by atoms with E-state index in [1.165, 1.54) is 6.07 Å². The Hall–Kier alpha value is -3.96. The third-order valence-electron chi connectivity index (χ3n) is 6.63. The summed E-state index contributed by atoms with van der Waals surface area (Å²) in [7, 11) is 0. The van der Waals surface area contributed by atoms with Crippen LogP contribution in [0.15, 0.2) is 18.2 Å². The van der Waals surface area contributed by atoms with Gasteiger partial charge in [-0.25, -0.2) is 4.79 Å². The van der Waals surface area contributed by atoms with Crippen molar-refractivity contribution >= 4 is 41.3 Å². The van der Waals surface area contributed by atoms with Crippen molar-refractivity contribution in [1.29, 1.82) is 0 Å². The first-order valence-corrected chi connectivity index (χ1v) is 12.8. The number of anilines is 1. The Balaban J connectivity index is 1.22. The Morgan fingerprint density at radius 1 is 1.05 bits per heavy atom. The lowest BCUT2D eigenvalue weighted by molar-refractivity contribution is -0.136. The second kappa shape index (κ2) is 10.8. The number of hydrogen-bond acceptors (Lipinski definition) is 8. The molecule has 4 rings (SSSR count). The summed E-state index contributed by atoms with van der Waals surface area (Å²) in [6.45, 7) is 7.22. The molecule has 3 N–H and O–H groups in total. The van der Waals surface area contributed by atoms with Crippen molar-refractivity contribution < 1.29 is 33.5 Å². The van der Waals surface area contributed by atoms with Gasteiger partial charge in [0.1, 0.15) is 11.6 Å². The second-order valence-corrected chi connectivity index (χ2v) is 10.8. The Labute approximate surface area is 220 Å². The predicted octanol–water partition coefficient (Wildman–Crippen LogP) is 1.26. The first-order chi connectivity index (χ1) is 17.9. The van der Waals surface area contributed by atoms with E-state index in [2.05, 4.69) is 16.0 Å². The lowest BCUT2D eigenvalue weighted by Gasteiger charge is -2.27. The largest absolute Gasteiger partial charge is 0.444 e. The zero-order valence-electron chi connectivity index (χ0n) is 21.8. The molecule has 1 unspecified atom stereocenters. The van der Waals surface area contributed by atoms with Gasteiger partial charge >= 0.3 is 6.09 Å². The molecule has 3 aliphatic heterocycles. The normalized spacial score (nSPS) is 21.3. The highest BCUT2D eigenvalue weighted by Crippen LogP contribution is 2.29. The molecule has 1 aromatic carbocycles. The lowest BCUT2D eigenvalue weighted by atomic mass is 10.0. The zero-order valence-corrected chi connectivity index (χ0v) is 21.8. The van der Waals surface area contributed by atoms with Crippen molar-refractivity contribution in [2.75, 3.05) is 31.5 Å². The van der Waals surface area contributed by atoms with Gasteiger partial charge in [0.25, 0.3) is 11.8 Å². The topological polar surface area (TPSA) is 154 Å². The van der Waals surface area contributed by atoms with E-state index >= 15 is 0 Å². The summed E-state index contributed by atoms with van der Waals surface area (Å²) in [5.41, 5.74) is 0.418. The highest BCUT2D eigenvalue weighted by Gasteiger charge is 2.44. The molecule has 1 aromatic rings. The van der Waals surface area contributed by atoms with Crippen molar-refractivity contribution in [1.82, 2.24) is 20.4 Å². The summed E-state index contributed by atoms with van der Waals surface area (Å²) in [4.78, 5) is 76.4. The smallest absolute Gasteiger partial charge is 0.410 e. The summed E-state index contributed by atoms with van der Waals surface area (Å²) in [6, 6.07) is 3.72. The average Bonchev–Trinajstić information content (AvgIpc) is 3.39. The van der Waals surface area contributed by atoms with Gasteiger partial charge in [-0.2, -0.15) is 0 Å². The third-order valence-corrected chi connectivity index (χ3v) is 6.63. The summed E-state index contributed by atoms with van der Waals surface area (Å²) in [5, 5.41) is 8.15. The maximum atomic E-state index is 12.9. The van der Waals surface area contributed by atoms with Crippen molar-refractivity contribution in [3.63, 3.8) is 0 Å². The number of likely N-dealkylation sites (tertiary alicyclic amines) is 1. The minimum atomic E-state index is -1.01. The molecule has 0 aliphatic carbocycles. The predicted molar refractivity (Wildman–Crippen MR) is 135 cm³/mol. The van der Waals surface area contributed by atoms with Crippen LogP contribution in [0.4, 0.5) is 10.5 Å². The molecule has 2 saturated heterocycles. The van der Waals surface area contributed by atoms with E-state index in [1.807, 2.05) is 20.8 Å². The molecule has 12 heteroatoms. The van der Waals surface area contributed by atoms with Gasteiger partial charge in [-0.05, 0) is 57.7 Å². The number of imide groups is 2. The number of rotatable bonds is 7. The maximum Gasteiger partial charge on any atom is 0.410 e. The highest BCUT2D eigenvalue weighted by molar-refractivity contribution is 6.23. The summed E-state index contributed by atoms with van der Waals surface area (Å²) < 4.78 is 5.39. The number of ether oxygens (including phenoxy) is 1. The van der Waals surface area contributed by atoms with Crippen LogP contribution < -0.4 is 16.0 Å². The molecule has 0 saturated carbocycles. The van der Waals surface area contributed by atoms with Crippen LogP contribution in [0.3, 0.4) is 0 Å². The van der Waals surface area contributed by atoms with E-state index in [-0.39, 0.29) is 41.9 Å². The summed E-state index contributed by atoms with van der Waals surface area (Å²) in [6.07, 6.45) is 0.846. The van der Waals surface area contributed by atoms with E-state index in [9.17, 15) is 28.8 Å². The van der Waals surface area contributed by atoms with Gasteiger partial charge in [-0.3, -0.25) is 34.2 Å². The van der Waals surface area contributed by atoms with Crippen LogP contribution >= 0.6 is 0 Å². The molecule has 204 valence electrons. The first-order valence-electron chi connectivity index (χ1n) is 12.8. The number of amides is 6. The van der Waals surface area contributed by atoms with Crippen LogP contribution in [0.5, 0.6) is 0 Å². The number of nitrogens with one attached hydrogen (secondary N) is 3. The molecule has 2 atom stereocenters. The molecule has 0 bridgehead atoms. The fourth-order valence-electron chi connectivity index (χ4n) is 4.82. The van der Waals surface area contributed by atoms with Crippen LogP contribution in [0, 0.1) is 5.92 Å². The van der Waals surface area contributed by atoms with Crippen LogP contribution in [-0.4, -0.2) is 83.3 Å². The van der Waals surface area contributed by atoms with Crippen LogP contribution in [0.2, 0.25) is 0 Å². The van der Waals surface area contributed by atoms with E-state index in [1.54, 1.807) is 17.0 Å². The minimum Gasteiger partial charge on any atom is -0.444 e. The standard InChI is InChI=1S/C26H33N5O7/c1-26(2,3)38-25(37)30-11-8-15(14-30)12-21(33)28-10-9-27-16-4-5-17-18(13-16)24(36)31(23(17)35)19-6-7-20(32)29-22(19)34/h4-5,13,15,19,27H,6-12,14H2,1-3H3,(H,28,33)(H,29,32,34)/t15-,19?/m0/s1. The van der Waals surface area contributed by atoms with Crippen molar-refractivity contribution in [3.8, 4) is 0 Å². The third kappa shape index (κ3) is 6.12. The SMILES string of the molecule is CC(C)(C)OC(=O)N1CC[C@@H](CC(=O)NCCNc2ccc3c(c2)C(=O)N(C2CCC(=O)NC2=O)C3=O)C1. The lowest BCUT2D eigenvalue weighted by Crippen LogP contribution is -2.54. The molecule has 0 radical (unpaired) electrons. The first kappa shape index (κ1) is 27.1. The van der Waals surface area contributed by atoms with Gasteiger partial charge in [0, 0.05) is 44.7 Å². The minimum absolute atomic E-state index is 0.0606. The zero-order chi connectivity index (χ0) is 27.6. The van der Waals surface area contributed by atoms with Crippen molar-refractivity contribution in [3.05, 3.63) is 29.3 Å². The maximum absolute atomic E-state index is 12.9. The number of fused-ring (bicyclic) bond motifs is 1. The Morgan fingerprint density at radius 3 is 2.50 bits per heavy atom. The Bertz CT molecular complexity index is 1180. The van der Waals surface area contributed by atoms with Crippen molar-refractivity contribution in [2.45, 2.75) is 58.1 Å². The number of benzene rings is 1. The van der Waals surface area contributed by atoms with Crippen LogP contribution in [0.25, 0.3) is 0 Å². The Kier molecular flexibility index (Phi) is 7.70. The number of carbonyl (C=O) groups is 6. The second-order valence-electron chi connectivity index (χ2n) is 10.8. The molecule has 12 nitrogen and oxygen atoms in total. The van der Waals surface area contributed by atoms with Crippen molar-refractivity contribution in [2.24, 2.45) is 5.92 Å². The van der Waals surface area contributed by atoms with Crippen LogP contribution in [0.1, 0.15) is 67.2 Å². The van der Waals surface area contributed by atoms with E-state index in [4.69, 9.17) is 4.74 Å². The molecule has 6 amide bonds. The van der Waals surface area contributed by atoms with Gasteiger partial charge in [-0.15, -0.1) is 0 Å². The highest BCUT2D eigenvalue weighted by atomic mass is 16.6. The molecule has 2 fully saturated rings. The van der Waals surface area contributed by atoms with E-state index in [0.29, 0.717) is 38.3 Å². The number of nitrogens with zero attached hydrogens (tertiary/aromatic N) is 2. The fraction of sp³-hybridized carbons (Fsp3) is 0.538. The van der Waals surface area contributed by atoms with Gasteiger partial charge in [0.2, 0.25) is 17.7 Å². The van der Waals surface area contributed by atoms with Crippen LogP contribution in [-0.2, 0) is 19.1 Å². The van der Waals surface area contributed by atoms with Gasteiger partial charge < -0.3 is 20.3 Å².